The highest BCUT2D eigenvalue weighted by atomic mass is 31.2. The number of rotatable bonds is 48. The molecular formula is C50H100NO7P. The minimum Gasteiger partial charge on any atom is -0.756 e. The molecule has 0 radical (unpaired) electrons. The molecule has 0 aromatic heterocycles. The van der Waals surface area contributed by atoms with Gasteiger partial charge in [0.15, 0.2) is 0 Å². The lowest BCUT2D eigenvalue weighted by Crippen LogP contribution is -2.37. The van der Waals surface area contributed by atoms with Crippen LogP contribution in [0.15, 0.2) is 12.2 Å². The number of carbonyl (C=O) groups is 1. The van der Waals surface area contributed by atoms with Gasteiger partial charge in [-0.1, -0.05) is 212 Å². The molecule has 0 rings (SSSR count). The molecule has 0 aliphatic heterocycles. The summed E-state index contributed by atoms with van der Waals surface area (Å²) >= 11 is 0. The first-order chi connectivity index (χ1) is 28.6. The van der Waals surface area contributed by atoms with E-state index in [1.165, 1.54) is 193 Å². The summed E-state index contributed by atoms with van der Waals surface area (Å²) in [6.07, 6.45) is 49.4. The number of hydrogen-bond acceptors (Lipinski definition) is 7. The zero-order valence-electron chi connectivity index (χ0n) is 40.0. The van der Waals surface area contributed by atoms with Gasteiger partial charge in [0.25, 0.3) is 7.82 Å². The van der Waals surface area contributed by atoms with Crippen LogP contribution in [0, 0.1) is 0 Å². The molecule has 0 amide bonds. The van der Waals surface area contributed by atoms with Gasteiger partial charge >= 0.3 is 5.97 Å². The number of phosphoric acid groups is 1. The van der Waals surface area contributed by atoms with E-state index in [0.717, 1.165) is 32.1 Å². The van der Waals surface area contributed by atoms with E-state index in [9.17, 15) is 14.3 Å². The Kier molecular flexibility index (Phi) is 43.3. The van der Waals surface area contributed by atoms with Crippen LogP contribution >= 0.6 is 7.82 Å². The molecule has 0 heterocycles. The van der Waals surface area contributed by atoms with Crippen molar-refractivity contribution in [1.29, 1.82) is 0 Å². The van der Waals surface area contributed by atoms with Crippen molar-refractivity contribution >= 4 is 13.8 Å². The average Bonchev–Trinajstić information content (AvgIpc) is 3.19. The third-order valence-corrected chi connectivity index (χ3v) is 12.3. The molecule has 0 aromatic rings. The van der Waals surface area contributed by atoms with Crippen LogP contribution in [0.25, 0.3) is 0 Å². The van der Waals surface area contributed by atoms with E-state index in [2.05, 4.69) is 26.0 Å². The Labute approximate surface area is 367 Å². The van der Waals surface area contributed by atoms with Crippen molar-refractivity contribution in [1.82, 2.24) is 0 Å². The van der Waals surface area contributed by atoms with Gasteiger partial charge in [0, 0.05) is 13.0 Å². The zero-order chi connectivity index (χ0) is 43.4. The van der Waals surface area contributed by atoms with Gasteiger partial charge in [0.05, 0.1) is 34.4 Å². The topological polar surface area (TPSA) is 94.1 Å². The van der Waals surface area contributed by atoms with E-state index in [1.807, 2.05) is 21.1 Å². The van der Waals surface area contributed by atoms with Gasteiger partial charge in [-0.25, -0.2) is 0 Å². The predicted octanol–water partition coefficient (Wildman–Crippen LogP) is 14.8. The first kappa shape index (κ1) is 58.2. The van der Waals surface area contributed by atoms with Gasteiger partial charge in [-0.15, -0.1) is 0 Å². The van der Waals surface area contributed by atoms with Crippen LogP contribution in [0.1, 0.15) is 245 Å². The van der Waals surface area contributed by atoms with Crippen LogP contribution in [-0.4, -0.2) is 70.7 Å². The Morgan fingerprint density at radius 2 is 0.881 bits per heavy atom. The van der Waals surface area contributed by atoms with Crippen LogP contribution in [-0.2, 0) is 27.9 Å². The maximum absolute atomic E-state index is 12.7. The van der Waals surface area contributed by atoms with Gasteiger partial charge in [-0.3, -0.25) is 9.36 Å². The molecule has 0 spiro atoms. The van der Waals surface area contributed by atoms with Crippen molar-refractivity contribution in [3.05, 3.63) is 12.2 Å². The third kappa shape index (κ3) is 48.1. The lowest BCUT2D eigenvalue weighted by Gasteiger charge is -2.28. The number of unbranched alkanes of at least 4 members (excludes halogenated alkanes) is 32. The highest BCUT2D eigenvalue weighted by Crippen LogP contribution is 2.38. The van der Waals surface area contributed by atoms with E-state index in [-0.39, 0.29) is 25.8 Å². The number of nitrogens with zero attached hydrogens (tertiary/aromatic N) is 1. The number of likely N-dealkylation sites (N-methyl/N-ethyl adjacent to an activating group) is 1. The molecule has 0 fully saturated rings. The number of carbonyl (C=O) groups excluding carboxylic acids is 1. The summed E-state index contributed by atoms with van der Waals surface area (Å²) in [5.74, 6) is -0.329. The summed E-state index contributed by atoms with van der Waals surface area (Å²) in [5.41, 5.74) is 0. The lowest BCUT2D eigenvalue weighted by atomic mass is 10.0. The fraction of sp³-hybridized carbons (Fsp3) is 0.940. The number of quaternary nitrogens is 1. The Morgan fingerprint density at radius 1 is 0.508 bits per heavy atom. The van der Waals surface area contributed by atoms with Crippen LogP contribution in [0.4, 0.5) is 0 Å². The molecule has 9 heteroatoms. The van der Waals surface area contributed by atoms with Gasteiger partial charge in [0.2, 0.25) is 0 Å². The summed E-state index contributed by atoms with van der Waals surface area (Å²) in [7, 11) is 1.37. The van der Waals surface area contributed by atoms with E-state index < -0.39 is 13.9 Å². The van der Waals surface area contributed by atoms with Crippen molar-refractivity contribution in [2.45, 2.75) is 251 Å². The number of phosphoric ester groups is 1. The van der Waals surface area contributed by atoms with E-state index in [0.29, 0.717) is 24.1 Å². The van der Waals surface area contributed by atoms with Crippen LogP contribution in [0.3, 0.4) is 0 Å². The summed E-state index contributed by atoms with van der Waals surface area (Å²) in [6.45, 7) is 5.47. The first-order valence-electron chi connectivity index (χ1n) is 25.4. The van der Waals surface area contributed by atoms with Crippen molar-refractivity contribution in [3.63, 3.8) is 0 Å². The number of esters is 1. The van der Waals surface area contributed by atoms with E-state index in [4.69, 9.17) is 18.5 Å². The van der Waals surface area contributed by atoms with E-state index in [1.54, 1.807) is 0 Å². The SMILES string of the molecule is CCCCCCCCCC/C=C\CCCCCCCCCCCCCC(=O)OC(COCCCCCCCCCCCCCCCC)COP(=O)([O-])OCC[N+](C)(C)C. The number of hydrogen-bond donors (Lipinski definition) is 0. The summed E-state index contributed by atoms with van der Waals surface area (Å²) in [4.78, 5) is 25.1. The molecular weight excluding hydrogens is 758 g/mol. The average molecular weight is 858 g/mol. The highest BCUT2D eigenvalue weighted by Gasteiger charge is 2.20. The van der Waals surface area contributed by atoms with Crippen molar-refractivity contribution in [2.24, 2.45) is 0 Å². The van der Waals surface area contributed by atoms with Gasteiger partial charge in [0.1, 0.15) is 19.3 Å². The fourth-order valence-corrected chi connectivity index (χ4v) is 8.10. The quantitative estimate of drug-likeness (QED) is 0.0198. The zero-order valence-corrected chi connectivity index (χ0v) is 40.9. The van der Waals surface area contributed by atoms with Crippen LogP contribution in [0.2, 0.25) is 0 Å². The predicted molar refractivity (Wildman–Crippen MR) is 250 cm³/mol. The first-order valence-corrected chi connectivity index (χ1v) is 26.9. The Bertz CT molecular complexity index is 956. The van der Waals surface area contributed by atoms with E-state index >= 15 is 0 Å². The van der Waals surface area contributed by atoms with Gasteiger partial charge < -0.3 is 27.9 Å². The van der Waals surface area contributed by atoms with Gasteiger partial charge in [-0.05, 0) is 38.5 Å². The molecule has 0 aromatic carbocycles. The second-order valence-electron chi connectivity index (χ2n) is 18.5. The standard InChI is InChI=1S/C50H100NO7P/c1-6-8-10-12-14-16-18-20-22-23-24-25-26-27-28-29-30-31-33-35-37-39-41-43-50(52)58-49(48-57-59(53,54)56-46-44-51(3,4)5)47-55-45-42-40-38-36-34-32-21-19-17-15-13-11-9-7-2/h23-24,49H,6-22,25-48H2,1-5H3/b24-23-. The molecule has 2 unspecified atom stereocenters. The lowest BCUT2D eigenvalue weighted by molar-refractivity contribution is -0.870. The summed E-state index contributed by atoms with van der Waals surface area (Å²) in [6, 6.07) is 0. The number of allylic oxidation sites excluding steroid dienone is 2. The molecule has 0 saturated heterocycles. The minimum atomic E-state index is -4.52. The van der Waals surface area contributed by atoms with Crippen LogP contribution in [0.5, 0.6) is 0 Å². The molecule has 0 N–H and O–H groups in total. The monoisotopic (exact) mass is 858 g/mol. The molecule has 0 bridgehead atoms. The smallest absolute Gasteiger partial charge is 0.306 e. The maximum Gasteiger partial charge on any atom is 0.306 e. The fourth-order valence-electron chi connectivity index (χ4n) is 7.37. The normalized spacial score (nSPS) is 13.7. The molecule has 8 nitrogen and oxygen atoms in total. The second kappa shape index (κ2) is 43.9. The maximum atomic E-state index is 12.7. The van der Waals surface area contributed by atoms with Crippen LogP contribution < -0.4 is 4.89 Å². The van der Waals surface area contributed by atoms with Crippen molar-refractivity contribution < 1.29 is 37.3 Å². The van der Waals surface area contributed by atoms with Crippen molar-refractivity contribution in [3.8, 4) is 0 Å². The summed E-state index contributed by atoms with van der Waals surface area (Å²) in [5, 5.41) is 0. The number of ether oxygens (including phenoxy) is 2. The molecule has 2 atom stereocenters. The van der Waals surface area contributed by atoms with Crippen molar-refractivity contribution in [2.75, 3.05) is 54.1 Å². The molecule has 352 valence electrons. The third-order valence-electron chi connectivity index (χ3n) is 11.3. The van der Waals surface area contributed by atoms with Gasteiger partial charge in [-0.2, -0.15) is 0 Å². The molecule has 0 aliphatic rings. The highest BCUT2D eigenvalue weighted by molar-refractivity contribution is 7.45. The molecule has 0 aliphatic carbocycles. The minimum absolute atomic E-state index is 0.0297. The Hall–Kier alpha value is -0.760. The Balaban J connectivity index is 4.07. The molecule has 0 saturated carbocycles. The summed E-state index contributed by atoms with van der Waals surface area (Å²) < 4.78 is 34.7. The largest absolute Gasteiger partial charge is 0.756 e. The second-order valence-corrected chi connectivity index (χ2v) is 19.9. The Morgan fingerprint density at radius 3 is 1.29 bits per heavy atom. The molecule has 59 heavy (non-hydrogen) atoms.